The van der Waals surface area contributed by atoms with Crippen molar-refractivity contribution in [3.8, 4) is 0 Å². The summed E-state index contributed by atoms with van der Waals surface area (Å²) in [5, 5.41) is 2.97. The largest absolute Gasteiger partial charge is 0.378 e. The quantitative estimate of drug-likeness (QED) is 0.898. The van der Waals surface area contributed by atoms with E-state index >= 15 is 0 Å². The number of nitrogens with one attached hydrogen (secondary N) is 1. The van der Waals surface area contributed by atoms with E-state index < -0.39 is 0 Å². The summed E-state index contributed by atoms with van der Waals surface area (Å²) in [6.07, 6.45) is 0. The third-order valence-electron chi connectivity index (χ3n) is 4.61. The van der Waals surface area contributed by atoms with Crippen molar-refractivity contribution in [2.24, 2.45) is 0 Å². The monoisotopic (exact) mass is 353 g/mol. The average Bonchev–Trinajstić information content (AvgIpc) is 2.67. The van der Waals surface area contributed by atoms with E-state index in [0.717, 1.165) is 37.4 Å². The maximum absolute atomic E-state index is 12.3. The van der Waals surface area contributed by atoms with Gasteiger partial charge in [0.05, 0.1) is 13.2 Å². The fraction of sp³-hybridized carbons (Fsp3) is 0.381. The molecule has 0 aromatic heterocycles. The van der Waals surface area contributed by atoms with E-state index in [9.17, 15) is 4.79 Å². The second-order valence-corrected chi connectivity index (χ2v) is 6.77. The third-order valence-corrected chi connectivity index (χ3v) is 4.61. The number of urea groups is 1. The molecule has 1 saturated heterocycles. The molecule has 0 unspecified atom stereocenters. The molecule has 2 amide bonds. The van der Waals surface area contributed by atoms with Crippen LogP contribution in [-0.2, 0) is 17.8 Å². The smallest absolute Gasteiger partial charge is 0.317 e. The summed E-state index contributed by atoms with van der Waals surface area (Å²) < 4.78 is 5.39. The Morgan fingerprint density at radius 1 is 1.12 bits per heavy atom. The Balaban J connectivity index is 1.50. The van der Waals surface area contributed by atoms with Gasteiger partial charge in [-0.3, -0.25) is 0 Å². The third kappa shape index (κ3) is 4.99. The molecule has 0 spiro atoms. The molecule has 0 saturated carbocycles. The standard InChI is InChI=1S/C21H27N3O2/c1-17-4-3-5-19(14-17)15-22-21(25)23(2)16-18-6-8-20(9-7-18)24-10-12-26-13-11-24/h3-9,14H,10-13,15-16H2,1-2H3,(H,22,25). The van der Waals surface area contributed by atoms with Crippen molar-refractivity contribution < 1.29 is 9.53 Å². The number of carbonyl (C=O) groups is 1. The highest BCUT2D eigenvalue weighted by molar-refractivity contribution is 5.73. The number of amides is 2. The van der Waals surface area contributed by atoms with Gasteiger partial charge in [0, 0.05) is 38.9 Å². The number of hydrogen-bond acceptors (Lipinski definition) is 3. The molecule has 5 nitrogen and oxygen atoms in total. The van der Waals surface area contributed by atoms with Crippen LogP contribution in [-0.4, -0.2) is 44.3 Å². The van der Waals surface area contributed by atoms with Crippen molar-refractivity contribution in [3.63, 3.8) is 0 Å². The molecule has 2 aromatic rings. The number of benzene rings is 2. The fourth-order valence-corrected chi connectivity index (χ4v) is 3.11. The van der Waals surface area contributed by atoms with Gasteiger partial charge in [-0.25, -0.2) is 4.79 Å². The van der Waals surface area contributed by atoms with Crippen molar-refractivity contribution in [1.82, 2.24) is 10.2 Å². The van der Waals surface area contributed by atoms with Gasteiger partial charge in [0.2, 0.25) is 0 Å². The number of nitrogens with zero attached hydrogens (tertiary/aromatic N) is 2. The minimum absolute atomic E-state index is 0.0660. The summed E-state index contributed by atoms with van der Waals surface area (Å²) in [6, 6.07) is 16.5. The first-order chi connectivity index (χ1) is 12.6. The van der Waals surface area contributed by atoms with Gasteiger partial charge in [-0.2, -0.15) is 0 Å². The van der Waals surface area contributed by atoms with Crippen LogP contribution in [0.1, 0.15) is 16.7 Å². The van der Waals surface area contributed by atoms with Gasteiger partial charge in [0.25, 0.3) is 0 Å². The zero-order valence-corrected chi connectivity index (χ0v) is 15.6. The second-order valence-electron chi connectivity index (χ2n) is 6.77. The van der Waals surface area contributed by atoms with Gasteiger partial charge in [-0.15, -0.1) is 0 Å². The Bertz CT molecular complexity index is 724. The Labute approximate surface area is 155 Å². The van der Waals surface area contributed by atoms with E-state index in [0.29, 0.717) is 13.1 Å². The molecule has 138 valence electrons. The Kier molecular flexibility index (Phi) is 6.12. The number of carbonyl (C=O) groups excluding carboxylic acids is 1. The summed E-state index contributed by atoms with van der Waals surface area (Å²) in [7, 11) is 1.82. The molecule has 3 rings (SSSR count). The summed E-state index contributed by atoms with van der Waals surface area (Å²) in [5.74, 6) is 0. The summed E-state index contributed by atoms with van der Waals surface area (Å²) in [5.41, 5.74) is 4.64. The minimum atomic E-state index is -0.0660. The molecule has 26 heavy (non-hydrogen) atoms. The van der Waals surface area contributed by atoms with Crippen molar-refractivity contribution in [1.29, 1.82) is 0 Å². The van der Waals surface area contributed by atoms with Crippen LogP contribution >= 0.6 is 0 Å². The summed E-state index contributed by atoms with van der Waals surface area (Å²) in [6.45, 7) is 6.61. The molecule has 1 aliphatic rings. The highest BCUT2D eigenvalue weighted by Gasteiger charge is 2.12. The molecular formula is C21H27N3O2. The molecule has 2 aromatic carbocycles. The second kappa shape index (κ2) is 8.72. The van der Waals surface area contributed by atoms with E-state index in [2.05, 4.69) is 53.5 Å². The van der Waals surface area contributed by atoms with E-state index in [1.54, 1.807) is 4.90 Å². The molecule has 5 heteroatoms. The van der Waals surface area contributed by atoms with Gasteiger partial charge in [0.1, 0.15) is 0 Å². The molecular weight excluding hydrogens is 326 g/mol. The van der Waals surface area contributed by atoms with Crippen LogP contribution in [0.4, 0.5) is 10.5 Å². The van der Waals surface area contributed by atoms with E-state index in [4.69, 9.17) is 4.74 Å². The van der Waals surface area contributed by atoms with Crippen LogP contribution in [0.5, 0.6) is 0 Å². The van der Waals surface area contributed by atoms with Gasteiger partial charge >= 0.3 is 6.03 Å². The van der Waals surface area contributed by atoms with E-state index in [1.165, 1.54) is 11.3 Å². The number of anilines is 1. The van der Waals surface area contributed by atoms with Crippen molar-refractivity contribution in [2.45, 2.75) is 20.0 Å². The highest BCUT2D eigenvalue weighted by Crippen LogP contribution is 2.17. The summed E-state index contributed by atoms with van der Waals surface area (Å²) >= 11 is 0. The lowest BCUT2D eigenvalue weighted by molar-refractivity contribution is 0.122. The number of rotatable bonds is 5. The van der Waals surface area contributed by atoms with Crippen LogP contribution in [0, 0.1) is 6.92 Å². The number of hydrogen-bond donors (Lipinski definition) is 1. The SMILES string of the molecule is Cc1cccc(CNC(=O)N(C)Cc2ccc(N3CCOCC3)cc2)c1. The topological polar surface area (TPSA) is 44.8 Å². The Morgan fingerprint density at radius 2 is 1.85 bits per heavy atom. The molecule has 0 atom stereocenters. The number of ether oxygens (including phenoxy) is 1. The van der Waals surface area contributed by atoms with Crippen LogP contribution in [0.3, 0.4) is 0 Å². The van der Waals surface area contributed by atoms with Crippen LogP contribution in [0.2, 0.25) is 0 Å². The maximum atomic E-state index is 12.3. The average molecular weight is 353 g/mol. The van der Waals surface area contributed by atoms with E-state index in [1.807, 2.05) is 19.2 Å². The van der Waals surface area contributed by atoms with Crippen LogP contribution in [0.15, 0.2) is 48.5 Å². The van der Waals surface area contributed by atoms with Crippen LogP contribution in [0.25, 0.3) is 0 Å². The molecule has 0 bridgehead atoms. The first-order valence-electron chi connectivity index (χ1n) is 9.08. The summed E-state index contributed by atoms with van der Waals surface area (Å²) in [4.78, 5) is 16.3. The lowest BCUT2D eigenvalue weighted by Crippen LogP contribution is -2.36. The van der Waals surface area contributed by atoms with Gasteiger partial charge in [-0.1, -0.05) is 42.0 Å². The fourth-order valence-electron chi connectivity index (χ4n) is 3.11. The predicted octanol–water partition coefficient (Wildman–Crippen LogP) is 3.17. The lowest BCUT2D eigenvalue weighted by Gasteiger charge is -2.29. The van der Waals surface area contributed by atoms with E-state index in [-0.39, 0.29) is 6.03 Å². The predicted molar refractivity (Wildman–Crippen MR) is 104 cm³/mol. The molecule has 0 radical (unpaired) electrons. The van der Waals surface area contributed by atoms with Crippen molar-refractivity contribution in [3.05, 3.63) is 65.2 Å². The first kappa shape index (κ1) is 18.3. The molecule has 1 heterocycles. The highest BCUT2D eigenvalue weighted by atomic mass is 16.5. The maximum Gasteiger partial charge on any atom is 0.317 e. The normalized spacial score (nSPS) is 14.2. The molecule has 1 N–H and O–H groups in total. The lowest BCUT2D eigenvalue weighted by atomic mass is 10.1. The Morgan fingerprint density at radius 3 is 2.54 bits per heavy atom. The molecule has 1 aliphatic heterocycles. The Hall–Kier alpha value is -2.53. The first-order valence-corrected chi connectivity index (χ1v) is 9.08. The van der Waals surface area contributed by atoms with Crippen molar-refractivity contribution >= 4 is 11.7 Å². The minimum Gasteiger partial charge on any atom is -0.378 e. The number of aryl methyl sites for hydroxylation is 1. The zero-order chi connectivity index (χ0) is 18.4. The molecule has 1 fully saturated rings. The van der Waals surface area contributed by atoms with Crippen LogP contribution < -0.4 is 10.2 Å². The van der Waals surface area contributed by atoms with Gasteiger partial charge in [-0.05, 0) is 30.2 Å². The van der Waals surface area contributed by atoms with Gasteiger partial charge < -0.3 is 19.9 Å². The van der Waals surface area contributed by atoms with Crippen molar-refractivity contribution in [2.75, 3.05) is 38.3 Å². The number of morpholine rings is 1. The zero-order valence-electron chi connectivity index (χ0n) is 15.6. The van der Waals surface area contributed by atoms with Gasteiger partial charge in [0.15, 0.2) is 0 Å². The molecule has 0 aliphatic carbocycles.